The highest BCUT2D eigenvalue weighted by Gasteiger charge is 2.17. The van der Waals surface area contributed by atoms with Gasteiger partial charge in [-0.15, -0.1) is 0 Å². The second kappa shape index (κ2) is 7.84. The smallest absolute Gasteiger partial charge is 0.243 e. The van der Waals surface area contributed by atoms with Crippen LogP contribution in [0.4, 0.5) is 5.69 Å². The van der Waals surface area contributed by atoms with Crippen molar-refractivity contribution in [2.45, 2.75) is 20.3 Å². The molecule has 5 nitrogen and oxygen atoms in total. The lowest BCUT2D eigenvalue weighted by atomic mass is 10.0. The Morgan fingerprint density at radius 3 is 2.48 bits per heavy atom. The van der Waals surface area contributed by atoms with Crippen molar-refractivity contribution in [2.24, 2.45) is 0 Å². The number of furan rings is 1. The van der Waals surface area contributed by atoms with Crippen LogP contribution in [0.15, 0.2) is 47.1 Å². The van der Waals surface area contributed by atoms with Crippen molar-refractivity contribution >= 4 is 40.1 Å². The normalized spacial score (nSPS) is 10.8. The van der Waals surface area contributed by atoms with Crippen molar-refractivity contribution < 1.29 is 14.0 Å². The fraction of sp³-hybridized carbons (Fsp3) is 0.238. The number of carbonyl (C=O) groups is 2. The van der Waals surface area contributed by atoms with Crippen LogP contribution in [0.1, 0.15) is 16.7 Å². The van der Waals surface area contributed by atoms with Gasteiger partial charge in [-0.3, -0.25) is 9.59 Å². The number of fused-ring (bicyclic) bond motifs is 1. The highest BCUT2D eigenvalue weighted by atomic mass is 35.5. The van der Waals surface area contributed by atoms with Crippen molar-refractivity contribution in [3.8, 4) is 0 Å². The van der Waals surface area contributed by atoms with Crippen LogP contribution in [-0.2, 0) is 16.0 Å². The van der Waals surface area contributed by atoms with Gasteiger partial charge in [0.15, 0.2) is 0 Å². The molecule has 0 atom stereocenters. The minimum atomic E-state index is -0.267. The first-order chi connectivity index (χ1) is 12.8. The zero-order chi connectivity index (χ0) is 19.6. The van der Waals surface area contributed by atoms with E-state index in [1.54, 1.807) is 37.6 Å². The molecule has 2 amide bonds. The number of hydrogen-bond donors (Lipinski definition) is 1. The van der Waals surface area contributed by atoms with Gasteiger partial charge in [-0.05, 0) is 61.4 Å². The average Bonchev–Trinajstić information content (AvgIpc) is 2.99. The third-order valence-corrected chi connectivity index (χ3v) is 4.80. The molecule has 0 unspecified atom stereocenters. The molecule has 0 spiro atoms. The maximum absolute atomic E-state index is 12.5. The van der Waals surface area contributed by atoms with E-state index in [4.69, 9.17) is 16.0 Å². The van der Waals surface area contributed by atoms with E-state index < -0.39 is 0 Å². The van der Waals surface area contributed by atoms with Crippen LogP contribution in [0.25, 0.3) is 11.0 Å². The lowest BCUT2D eigenvalue weighted by Gasteiger charge is -2.16. The fourth-order valence-electron chi connectivity index (χ4n) is 2.81. The maximum Gasteiger partial charge on any atom is 0.243 e. The quantitative estimate of drug-likeness (QED) is 0.711. The molecule has 3 aromatic rings. The topological polar surface area (TPSA) is 62.6 Å². The molecule has 1 N–H and O–H groups in total. The van der Waals surface area contributed by atoms with Crippen LogP contribution < -0.4 is 5.32 Å². The molecule has 27 heavy (non-hydrogen) atoms. The number of carbonyl (C=O) groups excluding carboxylic acids is 2. The number of nitrogens with zero attached hydrogens (tertiary/aromatic N) is 1. The van der Waals surface area contributed by atoms with Gasteiger partial charge in [0.2, 0.25) is 11.8 Å². The molecule has 140 valence electrons. The lowest BCUT2D eigenvalue weighted by molar-refractivity contribution is -0.132. The number of nitrogens with one attached hydrogen (secondary N) is 1. The summed E-state index contributed by atoms with van der Waals surface area (Å²) in [7, 11) is 1.61. The van der Waals surface area contributed by atoms with Gasteiger partial charge < -0.3 is 14.6 Å². The Hall–Kier alpha value is -2.79. The molecule has 6 heteroatoms. The zero-order valence-electron chi connectivity index (χ0n) is 15.5. The van der Waals surface area contributed by atoms with E-state index in [9.17, 15) is 9.59 Å². The predicted molar refractivity (Wildman–Crippen MR) is 107 cm³/mol. The molecule has 0 aliphatic rings. The Bertz CT molecular complexity index is 993. The van der Waals surface area contributed by atoms with E-state index in [1.807, 2.05) is 26.0 Å². The summed E-state index contributed by atoms with van der Waals surface area (Å²) in [6, 6.07) is 10.8. The Kier molecular flexibility index (Phi) is 5.51. The Morgan fingerprint density at radius 1 is 1.11 bits per heavy atom. The first-order valence-corrected chi connectivity index (χ1v) is 8.98. The van der Waals surface area contributed by atoms with Crippen LogP contribution in [0.3, 0.4) is 0 Å². The van der Waals surface area contributed by atoms with Crippen LogP contribution >= 0.6 is 11.6 Å². The number of likely N-dealkylation sites (N-methyl/N-ethyl adjacent to an activating group) is 1. The molecule has 3 rings (SSSR count). The molecule has 1 heterocycles. The first kappa shape index (κ1) is 19.0. The third-order valence-electron chi connectivity index (χ3n) is 4.55. The monoisotopic (exact) mass is 384 g/mol. The molecule has 0 radical (unpaired) electrons. The lowest BCUT2D eigenvalue weighted by Crippen LogP contribution is -2.35. The van der Waals surface area contributed by atoms with Gasteiger partial charge in [-0.1, -0.05) is 11.6 Å². The van der Waals surface area contributed by atoms with Crippen LogP contribution in [0, 0.1) is 13.8 Å². The molecular formula is C21H21ClN2O3. The van der Waals surface area contributed by atoms with E-state index in [-0.39, 0.29) is 24.8 Å². The summed E-state index contributed by atoms with van der Waals surface area (Å²) < 4.78 is 5.57. The average molecular weight is 385 g/mol. The third kappa shape index (κ3) is 4.49. The van der Waals surface area contributed by atoms with E-state index in [2.05, 4.69) is 5.32 Å². The molecular weight excluding hydrogens is 364 g/mol. The van der Waals surface area contributed by atoms with E-state index in [0.717, 1.165) is 27.7 Å². The van der Waals surface area contributed by atoms with E-state index >= 15 is 0 Å². The summed E-state index contributed by atoms with van der Waals surface area (Å²) in [5, 5.41) is 4.28. The predicted octanol–water partition coefficient (Wildman–Crippen LogP) is 4.34. The second-order valence-electron chi connectivity index (χ2n) is 6.68. The van der Waals surface area contributed by atoms with Crippen LogP contribution in [-0.4, -0.2) is 30.3 Å². The van der Waals surface area contributed by atoms with Crippen molar-refractivity contribution in [1.29, 1.82) is 0 Å². The van der Waals surface area contributed by atoms with E-state index in [1.165, 1.54) is 4.90 Å². The highest BCUT2D eigenvalue weighted by molar-refractivity contribution is 6.30. The summed E-state index contributed by atoms with van der Waals surface area (Å²) in [6.07, 6.45) is 1.79. The number of rotatable bonds is 5. The molecule has 0 saturated carbocycles. The molecule has 0 saturated heterocycles. The van der Waals surface area contributed by atoms with Gasteiger partial charge in [0, 0.05) is 28.7 Å². The number of amides is 2. The van der Waals surface area contributed by atoms with Gasteiger partial charge >= 0.3 is 0 Å². The largest absolute Gasteiger partial charge is 0.464 e. The van der Waals surface area contributed by atoms with Crippen LogP contribution in [0.5, 0.6) is 0 Å². The number of aryl methyl sites for hydroxylation is 2. The minimum Gasteiger partial charge on any atom is -0.464 e. The van der Waals surface area contributed by atoms with Gasteiger partial charge in [-0.2, -0.15) is 0 Å². The van der Waals surface area contributed by atoms with E-state index in [0.29, 0.717) is 10.7 Å². The molecule has 0 aliphatic carbocycles. The second-order valence-corrected chi connectivity index (χ2v) is 7.11. The molecule has 2 aromatic carbocycles. The summed E-state index contributed by atoms with van der Waals surface area (Å²) in [6.45, 7) is 4.02. The first-order valence-electron chi connectivity index (χ1n) is 8.60. The summed E-state index contributed by atoms with van der Waals surface area (Å²) in [5.41, 5.74) is 4.52. The highest BCUT2D eigenvalue weighted by Crippen LogP contribution is 2.25. The Morgan fingerprint density at radius 2 is 1.78 bits per heavy atom. The number of benzene rings is 2. The Balaban J connectivity index is 1.63. The van der Waals surface area contributed by atoms with Crippen molar-refractivity contribution in [3.05, 3.63) is 64.4 Å². The van der Waals surface area contributed by atoms with Gasteiger partial charge in [-0.25, -0.2) is 0 Å². The number of halogens is 1. The summed E-state index contributed by atoms with van der Waals surface area (Å²) >= 11 is 5.83. The standard InChI is InChI=1S/C21H21ClN2O3/c1-13-8-18-15(12-27-19(18)9-14(13)2)10-21(26)24(3)11-20(25)23-17-6-4-16(22)5-7-17/h4-9,12H,10-11H2,1-3H3,(H,23,25). The SMILES string of the molecule is Cc1cc2occ(CC(=O)N(C)CC(=O)Nc3ccc(Cl)cc3)c2cc1C. The van der Waals surface area contributed by atoms with Gasteiger partial charge in [0.1, 0.15) is 5.58 Å². The number of hydrogen-bond acceptors (Lipinski definition) is 3. The van der Waals surface area contributed by atoms with Crippen molar-refractivity contribution in [1.82, 2.24) is 4.90 Å². The molecule has 1 aromatic heterocycles. The maximum atomic E-state index is 12.5. The fourth-order valence-corrected chi connectivity index (χ4v) is 2.93. The summed E-state index contributed by atoms with van der Waals surface area (Å²) in [4.78, 5) is 26.1. The molecule has 0 aliphatic heterocycles. The van der Waals surface area contributed by atoms with Gasteiger partial charge in [0.05, 0.1) is 19.2 Å². The molecule has 0 bridgehead atoms. The van der Waals surface area contributed by atoms with Crippen molar-refractivity contribution in [2.75, 3.05) is 18.9 Å². The Labute approximate surface area is 162 Å². The van der Waals surface area contributed by atoms with Gasteiger partial charge in [0.25, 0.3) is 0 Å². The summed E-state index contributed by atoms with van der Waals surface area (Å²) in [5.74, 6) is -0.418. The molecule has 0 fully saturated rings. The minimum absolute atomic E-state index is 0.0324. The number of anilines is 1. The zero-order valence-corrected chi connectivity index (χ0v) is 16.3. The van der Waals surface area contributed by atoms with Crippen LogP contribution in [0.2, 0.25) is 5.02 Å². The van der Waals surface area contributed by atoms with Crippen molar-refractivity contribution in [3.63, 3.8) is 0 Å².